The van der Waals surface area contributed by atoms with E-state index in [0.29, 0.717) is 5.56 Å². The third-order valence-electron chi connectivity index (χ3n) is 7.36. The van der Waals surface area contributed by atoms with Crippen LogP contribution in [0.1, 0.15) is 69.6 Å². The molecule has 3 aromatic carbocycles. The molecule has 41 heavy (non-hydrogen) atoms. The molecule has 1 aliphatic rings. The van der Waals surface area contributed by atoms with Crippen LogP contribution >= 0.6 is 0 Å². The number of primary amides is 2. The zero-order valence-corrected chi connectivity index (χ0v) is 24.6. The van der Waals surface area contributed by atoms with Gasteiger partial charge in [-0.15, -0.1) is 0 Å². The molecular weight excluding hydrogens is 508 g/mol. The van der Waals surface area contributed by atoms with Gasteiger partial charge in [-0.2, -0.15) is 0 Å². The molecule has 0 saturated heterocycles. The van der Waals surface area contributed by atoms with E-state index in [0.717, 1.165) is 22.7 Å². The van der Waals surface area contributed by atoms with Gasteiger partial charge in [0.05, 0.1) is 0 Å². The van der Waals surface area contributed by atoms with Crippen molar-refractivity contribution in [2.45, 2.75) is 58.9 Å². The van der Waals surface area contributed by atoms with Gasteiger partial charge in [-0.3, -0.25) is 14.6 Å². The van der Waals surface area contributed by atoms with Gasteiger partial charge in [-0.25, -0.2) is 0 Å². The van der Waals surface area contributed by atoms with Gasteiger partial charge >= 0.3 is 0 Å². The zero-order chi connectivity index (χ0) is 29.8. The van der Waals surface area contributed by atoms with Gasteiger partial charge in [0.1, 0.15) is 5.69 Å². The molecule has 0 spiro atoms. The molecule has 0 bridgehead atoms. The molecule has 6 heteroatoms. The molecule has 0 aliphatic heterocycles. The Bertz CT molecular complexity index is 1420. The standard InChI is InChI=1S/C20H18N2O.C8H9NO.C7H15N/c1-13-6-3-4-8-16(13)19-14(2)7-5-9-17(19)15-10-11-18(20(21)23)22-12-15;1-6-2-4-7(5-3-6)8(9)10;1-8-7-5-3-2-4-6-7/h3-12H,1-2H3,(H2,21,23);2-5H,1H3,(H2,9,10);7-8H,2-6H2,1H3. The first-order chi connectivity index (χ1) is 19.7. The largest absolute Gasteiger partial charge is 0.366 e. The van der Waals surface area contributed by atoms with Crippen molar-refractivity contribution < 1.29 is 9.59 Å². The van der Waals surface area contributed by atoms with E-state index in [-0.39, 0.29) is 11.6 Å². The van der Waals surface area contributed by atoms with Crippen LogP contribution in [-0.4, -0.2) is 29.9 Å². The maximum Gasteiger partial charge on any atom is 0.267 e. The van der Waals surface area contributed by atoms with Crippen molar-refractivity contribution in [2.75, 3.05) is 7.05 Å². The molecule has 6 nitrogen and oxygen atoms in total. The smallest absolute Gasteiger partial charge is 0.267 e. The normalized spacial score (nSPS) is 12.8. The Labute approximate surface area is 244 Å². The van der Waals surface area contributed by atoms with Crippen LogP contribution in [0.25, 0.3) is 22.3 Å². The minimum absolute atomic E-state index is 0.277. The van der Waals surface area contributed by atoms with Crippen LogP contribution in [-0.2, 0) is 0 Å². The summed E-state index contributed by atoms with van der Waals surface area (Å²) in [6.45, 7) is 6.18. The van der Waals surface area contributed by atoms with Gasteiger partial charge in [-0.1, -0.05) is 85.5 Å². The molecule has 1 fully saturated rings. The summed E-state index contributed by atoms with van der Waals surface area (Å²) in [5.41, 5.74) is 19.2. The summed E-state index contributed by atoms with van der Waals surface area (Å²) in [5.74, 6) is -0.889. The van der Waals surface area contributed by atoms with Crippen molar-refractivity contribution in [3.63, 3.8) is 0 Å². The predicted molar refractivity (Wildman–Crippen MR) is 169 cm³/mol. The van der Waals surface area contributed by atoms with Gasteiger partial charge in [0.2, 0.25) is 5.91 Å². The lowest BCUT2D eigenvalue weighted by atomic mass is 9.89. The molecule has 1 saturated carbocycles. The number of nitrogens with two attached hydrogens (primary N) is 2. The first-order valence-corrected chi connectivity index (χ1v) is 14.2. The molecule has 5 N–H and O–H groups in total. The van der Waals surface area contributed by atoms with Crippen molar-refractivity contribution in [1.82, 2.24) is 10.3 Å². The van der Waals surface area contributed by atoms with E-state index in [4.69, 9.17) is 11.5 Å². The van der Waals surface area contributed by atoms with E-state index in [1.807, 2.05) is 43.3 Å². The van der Waals surface area contributed by atoms with Crippen LogP contribution < -0.4 is 16.8 Å². The lowest BCUT2D eigenvalue weighted by molar-refractivity contribution is 0.0989. The fourth-order valence-electron chi connectivity index (χ4n) is 4.93. The summed E-state index contributed by atoms with van der Waals surface area (Å²) in [6.07, 6.45) is 8.83. The Morgan fingerprint density at radius 3 is 1.90 bits per heavy atom. The van der Waals surface area contributed by atoms with Crippen LogP contribution in [0.3, 0.4) is 0 Å². The Morgan fingerprint density at radius 1 is 0.732 bits per heavy atom. The Hall–Kier alpha value is -4.29. The molecule has 0 radical (unpaired) electrons. The maximum absolute atomic E-state index is 11.2. The van der Waals surface area contributed by atoms with Crippen LogP contribution in [0.5, 0.6) is 0 Å². The number of hydrogen-bond acceptors (Lipinski definition) is 4. The van der Waals surface area contributed by atoms with E-state index < -0.39 is 5.91 Å². The molecule has 214 valence electrons. The highest BCUT2D eigenvalue weighted by Crippen LogP contribution is 2.36. The molecule has 1 aromatic heterocycles. The van der Waals surface area contributed by atoms with E-state index in [1.54, 1.807) is 24.4 Å². The summed E-state index contributed by atoms with van der Waals surface area (Å²) in [7, 11) is 2.07. The fraction of sp³-hybridized carbons (Fsp3) is 0.286. The summed E-state index contributed by atoms with van der Waals surface area (Å²) >= 11 is 0. The lowest BCUT2D eigenvalue weighted by Crippen LogP contribution is -2.26. The van der Waals surface area contributed by atoms with Gasteiger partial charge in [0.25, 0.3) is 5.91 Å². The van der Waals surface area contributed by atoms with E-state index >= 15 is 0 Å². The summed E-state index contributed by atoms with van der Waals surface area (Å²) in [6, 6.07) is 26.1. The quantitative estimate of drug-likeness (QED) is 0.255. The third-order valence-corrected chi connectivity index (χ3v) is 7.36. The number of aromatic nitrogens is 1. The number of hydrogen-bond donors (Lipinski definition) is 3. The number of rotatable bonds is 5. The van der Waals surface area contributed by atoms with E-state index in [9.17, 15) is 9.59 Å². The molecule has 1 heterocycles. The molecule has 0 atom stereocenters. The van der Waals surface area contributed by atoms with Crippen LogP contribution in [0, 0.1) is 20.8 Å². The average Bonchev–Trinajstić information content (AvgIpc) is 2.99. The topological polar surface area (TPSA) is 111 Å². The lowest BCUT2D eigenvalue weighted by Gasteiger charge is -2.20. The van der Waals surface area contributed by atoms with Gasteiger partial charge in [0, 0.05) is 23.4 Å². The predicted octanol–water partition coefficient (Wildman–Crippen LogP) is 6.76. The second-order valence-corrected chi connectivity index (χ2v) is 10.5. The summed E-state index contributed by atoms with van der Waals surface area (Å²) < 4.78 is 0. The molecule has 5 rings (SSSR count). The summed E-state index contributed by atoms with van der Waals surface area (Å²) in [4.78, 5) is 25.9. The van der Waals surface area contributed by atoms with Gasteiger partial charge < -0.3 is 16.8 Å². The number of carbonyl (C=O) groups excluding carboxylic acids is 2. The monoisotopic (exact) mass is 550 g/mol. The minimum atomic E-state index is -0.514. The highest BCUT2D eigenvalue weighted by atomic mass is 16.1. The first kappa shape index (κ1) is 31.2. The molecule has 2 amide bonds. The van der Waals surface area contributed by atoms with Gasteiger partial charge in [0.15, 0.2) is 0 Å². The van der Waals surface area contributed by atoms with Crippen LogP contribution in [0.2, 0.25) is 0 Å². The molecule has 4 aromatic rings. The maximum atomic E-state index is 11.2. The molecule has 0 unspecified atom stereocenters. The van der Waals surface area contributed by atoms with Gasteiger partial charge in [-0.05, 0) is 86.7 Å². The number of amides is 2. The van der Waals surface area contributed by atoms with E-state index in [2.05, 4.69) is 55.5 Å². The number of pyridine rings is 1. The minimum Gasteiger partial charge on any atom is -0.366 e. The SMILES string of the molecule is CNC1CCCCC1.Cc1ccc(C(N)=O)cc1.Cc1ccccc1-c1c(C)cccc1-c1ccc(C(N)=O)nc1. The Balaban J connectivity index is 0.000000210. The summed E-state index contributed by atoms with van der Waals surface area (Å²) in [5, 5.41) is 3.30. The number of aryl methyl sites for hydroxylation is 3. The van der Waals surface area contributed by atoms with Crippen molar-refractivity contribution in [2.24, 2.45) is 11.5 Å². The average molecular weight is 551 g/mol. The fourth-order valence-corrected chi connectivity index (χ4v) is 4.93. The van der Waals surface area contributed by atoms with Crippen molar-refractivity contribution in [3.05, 3.63) is 113 Å². The highest BCUT2D eigenvalue weighted by molar-refractivity contribution is 5.93. The zero-order valence-electron chi connectivity index (χ0n) is 24.6. The second kappa shape index (κ2) is 15.5. The first-order valence-electron chi connectivity index (χ1n) is 14.2. The Kier molecular flexibility index (Phi) is 11.8. The highest BCUT2D eigenvalue weighted by Gasteiger charge is 2.13. The van der Waals surface area contributed by atoms with Crippen LogP contribution in [0.4, 0.5) is 0 Å². The van der Waals surface area contributed by atoms with Crippen molar-refractivity contribution >= 4 is 11.8 Å². The van der Waals surface area contributed by atoms with Crippen molar-refractivity contribution in [3.8, 4) is 22.3 Å². The number of carbonyl (C=O) groups is 2. The number of nitrogens with zero attached hydrogens (tertiary/aromatic N) is 1. The van der Waals surface area contributed by atoms with Crippen LogP contribution in [0.15, 0.2) is 85.1 Å². The Morgan fingerprint density at radius 2 is 1.37 bits per heavy atom. The number of nitrogens with one attached hydrogen (secondary N) is 1. The molecular formula is C35H42N4O2. The second-order valence-electron chi connectivity index (χ2n) is 10.5. The van der Waals surface area contributed by atoms with Crippen molar-refractivity contribution in [1.29, 1.82) is 0 Å². The number of benzene rings is 3. The van der Waals surface area contributed by atoms with E-state index in [1.165, 1.54) is 54.4 Å². The third kappa shape index (κ3) is 9.12. The molecule has 1 aliphatic carbocycles.